The van der Waals surface area contributed by atoms with Gasteiger partial charge >= 0.3 is 0 Å². The van der Waals surface area contributed by atoms with Crippen LogP contribution in [0.25, 0.3) is 11.3 Å². The molecule has 4 aliphatic rings. The zero-order chi connectivity index (χ0) is 20.8. The van der Waals surface area contributed by atoms with Gasteiger partial charge < -0.3 is 0 Å². The summed E-state index contributed by atoms with van der Waals surface area (Å²) < 4.78 is 0. The zero-order valence-corrected chi connectivity index (χ0v) is 18.3. The molecule has 0 amide bonds. The molecule has 2 fully saturated rings. The summed E-state index contributed by atoms with van der Waals surface area (Å²) in [6.07, 6.45) is 15.9. The number of ketones is 1. The van der Waals surface area contributed by atoms with Crippen LogP contribution in [0.3, 0.4) is 0 Å². The Balaban J connectivity index is 1.27. The van der Waals surface area contributed by atoms with E-state index in [1.807, 2.05) is 18.3 Å². The van der Waals surface area contributed by atoms with Crippen LogP contribution >= 0.6 is 0 Å². The van der Waals surface area contributed by atoms with E-state index in [4.69, 9.17) is 0 Å². The van der Waals surface area contributed by atoms with E-state index in [2.05, 4.69) is 41.4 Å². The lowest BCUT2D eigenvalue weighted by atomic mass is 9.56. The predicted octanol–water partition coefficient (Wildman–Crippen LogP) is 6.87. The lowest BCUT2D eigenvalue weighted by Crippen LogP contribution is -2.40. The van der Waals surface area contributed by atoms with Gasteiger partial charge in [0.15, 0.2) is 5.78 Å². The summed E-state index contributed by atoms with van der Waals surface area (Å²) in [5, 5.41) is 0. The highest BCUT2D eigenvalue weighted by molar-refractivity contribution is 5.93. The SMILES string of the molecule is O=C1C=C2CC[C@@H]3C(=C2CC1)CC[C@]1(Cc2ccc(-c4ccccn4)cc2)CCC[C@@H]31. The molecule has 0 radical (unpaired) electrons. The van der Waals surface area contributed by atoms with Crippen molar-refractivity contribution in [3.8, 4) is 11.3 Å². The van der Waals surface area contributed by atoms with Crippen LogP contribution in [-0.2, 0) is 11.2 Å². The van der Waals surface area contributed by atoms with Crippen molar-refractivity contribution in [3.05, 3.63) is 77.0 Å². The predicted molar refractivity (Wildman–Crippen MR) is 124 cm³/mol. The van der Waals surface area contributed by atoms with Crippen molar-refractivity contribution in [1.29, 1.82) is 0 Å². The first kappa shape index (κ1) is 19.2. The normalized spacial score (nSPS) is 29.8. The second-order valence-electron chi connectivity index (χ2n) is 10.2. The maximum Gasteiger partial charge on any atom is 0.156 e. The minimum atomic E-state index is 0.345. The molecule has 1 aromatic heterocycles. The Bertz CT molecular complexity index is 1060. The molecule has 0 spiro atoms. The highest BCUT2D eigenvalue weighted by Crippen LogP contribution is 2.61. The van der Waals surface area contributed by atoms with Crippen molar-refractivity contribution >= 4 is 5.78 Å². The standard InChI is InChI=1S/C29H31NO/c31-23-11-13-24-22(18-23)10-12-26-25(24)14-16-29(15-3-4-27(26)29)19-20-6-8-21(9-7-20)28-5-1-2-17-30-28/h1-2,5-9,17-18,26-27H,3-4,10-16,19H2/t26-,27+,29+/m1/s1. The van der Waals surface area contributed by atoms with Crippen molar-refractivity contribution in [2.75, 3.05) is 0 Å². The average Bonchev–Trinajstić information content (AvgIpc) is 3.23. The number of allylic oxidation sites excluding steroid dienone is 4. The molecule has 6 rings (SSSR count). The van der Waals surface area contributed by atoms with Crippen LogP contribution in [0.2, 0.25) is 0 Å². The van der Waals surface area contributed by atoms with E-state index in [9.17, 15) is 4.79 Å². The number of fused-ring (bicyclic) bond motifs is 4. The molecular formula is C29H31NO. The van der Waals surface area contributed by atoms with Gasteiger partial charge in [-0.05, 0) is 104 Å². The monoisotopic (exact) mass is 409 g/mol. The number of hydrogen-bond donors (Lipinski definition) is 0. The van der Waals surface area contributed by atoms with E-state index in [0.717, 1.165) is 36.8 Å². The van der Waals surface area contributed by atoms with Gasteiger partial charge in [-0.1, -0.05) is 42.3 Å². The van der Waals surface area contributed by atoms with Crippen LogP contribution in [0.4, 0.5) is 0 Å². The topological polar surface area (TPSA) is 30.0 Å². The smallest absolute Gasteiger partial charge is 0.156 e. The Labute approximate surface area is 185 Å². The minimum absolute atomic E-state index is 0.345. The number of carbonyl (C=O) groups excluding carboxylic acids is 1. The van der Waals surface area contributed by atoms with Gasteiger partial charge in [0.2, 0.25) is 0 Å². The van der Waals surface area contributed by atoms with E-state index >= 15 is 0 Å². The fourth-order valence-electron chi connectivity index (χ4n) is 7.37. The van der Waals surface area contributed by atoms with Crippen LogP contribution in [0.1, 0.15) is 63.4 Å². The Morgan fingerprint density at radius 1 is 0.935 bits per heavy atom. The Kier molecular flexibility index (Phi) is 4.70. The number of nitrogens with zero attached hydrogens (tertiary/aromatic N) is 1. The van der Waals surface area contributed by atoms with Gasteiger partial charge in [-0.2, -0.15) is 0 Å². The second kappa shape index (κ2) is 7.58. The number of rotatable bonds is 3. The first-order valence-electron chi connectivity index (χ1n) is 12.2. The van der Waals surface area contributed by atoms with E-state index in [1.54, 1.807) is 11.1 Å². The molecule has 0 bridgehead atoms. The summed E-state index contributed by atoms with van der Waals surface area (Å²) in [5.74, 6) is 1.95. The molecule has 2 heteroatoms. The molecule has 1 heterocycles. The minimum Gasteiger partial charge on any atom is -0.295 e. The maximum absolute atomic E-state index is 11.9. The summed E-state index contributed by atoms with van der Waals surface area (Å²) in [4.78, 5) is 16.4. The van der Waals surface area contributed by atoms with Gasteiger partial charge in [0.1, 0.15) is 0 Å². The number of pyridine rings is 1. The largest absolute Gasteiger partial charge is 0.295 e. The Morgan fingerprint density at radius 3 is 2.68 bits per heavy atom. The fraction of sp³-hybridized carbons (Fsp3) is 0.448. The molecule has 2 nitrogen and oxygen atoms in total. The zero-order valence-electron chi connectivity index (χ0n) is 18.3. The lowest BCUT2D eigenvalue weighted by molar-refractivity contribution is -0.114. The fourth-order valence-corrected chi connectivity index (χ4v) is 7.37. The summed E-state index contributed by atoms with van der Waals surface area (Å²) >= 11 is 0. The van der Waals surface area contributed by atoms with Gasteiger partial charge in [0.05, 0.1) is 5.69 Å². The molecule has 0 N–H and O–H groups in total. The number of benzene rings is 1. The van der Waals surface area contributed by atoms with Crippen LogP contribution in [-0.4, -0.2) is 10.8 Å². The first-order chi connectivity index (χ1) is 15.2. The quantitative estimate of drug-likeness (QED) is 0.554. The van der Waals surface area contributed by atoms with E-state index in [-0.39, 0.29) is 0 Å². The summed E-state index contributed by atoms with van der Waals surface area (Å²) in [7, 11) is 0. The van der Waals surface area contributed by atoms with Crippen LogP contribution in [0.15, 0.2) is 71.5 Å². The van der Waals surface area contributed by atoms with Gasteiger partial charge in [-0.3, -0.25) is 9.78 Å². The number of aromatic nitrogens is 1. The Hall–Kier alpha value is -2.48. The van der Waals surface area contributed by atoms with Crippen LogP contribution in [0, 0.1) is 17.3 Å². The third-order valence-corrected chi connectivity index (χ3v) is 8.73. The number of hydrogen-bond acceptors (Lipinski definition) is 2. The van der Waals surface area contributed by atoms with Gasteiger partial charge in [0.25, 0.3) is 0 Å². The third kappa shape index (κ3) is 3.32. The molecule has 1 aromatic carbocycles. The molecule has 0 unspecified atom stereocenters. The van der Waals surface area contributed by atoms with Crippen molar-refractivity contribution in [2.45, 2.75) is 64.2 Å². The van der Waals surface area contributed by atoms with Crippen molar-refractivity contribution in [1.82, 2.24) is 4.98 Å². The van der Waals surface area contributed by atoms with Crippen LogP contribution < -0.4 is 0 Å². The molecule has 0 saturated heterocycles. The van der Waals surface area contributed by atoms with Crippen LogP contribution in [0.5, 0.6) is 0 Å². The molecule has 4 aliphatic carbocycles. The molecule has 3 atom stereocenters. The molecule has 2 saturated carbocycles. The summed E-state index contributed by atoms with van der Waals surface area (Å²) in [6, 6.07) is 15.3. The molecule has 31 heavy (non-hydrogen) atoms. The second-order valence-corrected chi connectivity index (χ2v) is 10.2. The van der Waals surface area contributed by atoms with E-state index in [0.29, 0.717) is 11.2 Å². The van der Waals surface area contributed by atoms with Crippen molar-refractivity contribution < 1.29 is 4.79 Å². The summed E-state index contributed by atoms with van der Waals surface area (Å²) in [5.41, 5.74) is 8.96. The van der Waals surface area contributed by atoms with E-state index < -0.39 is 0 Å². The average molecular weight is 410 g/mol. The Morgan fingerprint density at radius 2 is 1.84 bits per heavy atom. The third-order valence-electron chi connectivity index (χ3n) is 8.73. The van der Waals surface area contributed by atoms with Crippen molar-refractivity contribution in [2.24, 2.45) is 17.3 Å². The maximum atomic E-state index is 11.9. The van der Waals surface area contributed by atoms with Gasteiger partial charge in [-0.15, -0.1) is 0 Å². The highest BCUT2D eigenvalue weighted by Gasteiger charge is 2.51. The summed E-state index contributed by atoms with van der Waals surface area (Å²) in [6.45, 7) is 0. The lowest BCUT2D eigenvalue weighted by Gasteiger charge is -2.49. The van der Waals surface area contributed by atoms with E-state index in [1.165, 1.54) is 61.6 Å². The molecular weight excluding hydrogens is 378 g/mol. The first-order valence-corrected chi connectivity index (χ1v) is 12.2. The van der Waals surface area contributed by atoms with Crippen molar-refractivity contribution in [3.63, 3.8) is 0 Å². The molecule has 158 valence electrons. The molecule has 0 aliphatic heterocycles. The molecule has 2 aromatic rings. The van der Waals surface area contributed by atoms with Gasteiger partial charge in [0, 0.05) is 18.2 Å². The van der Waals surface area contributed by atoms with Gasteiger partial charge in [-0.25, -0.2) is 0 Å². The number of carbonyl (C=O) groups is 1. The highest BCUT2D eigenvalue weighted by atomic mass is 16.1.